The molecule has 0 aromatic carbocycles. The van der Waals surface area contributed by atoms with Gasteiger partial charge in [0, 0.05) is 23.6 Å². The fourth-order valence-corrected chi connectivity index (χ4v) is 3.62. The Kier molecular flexibility index (Phi) is 7.19. The second-order valence-electron chi connectivity index (χ2n) is 4.47. The van der Waals surface area contributed by atoms with E-state index in [1.54, 1.807) is 0 Å². The average Bonchev–Trinajstić information content (AvgIpc) is 2.30. The molecule has 0 radical (unpaired) electrons. The third kappa shape index (κ3) is 4.58. The molecule has 0 spiro atoms. The monoisotopic (exact) mass is 247 g/mol. The Bertz CT molecular complexity index is 158. The summed E-state index contributed by atoms with van der Waals surface area (Å²) in [6.45, 7) is 4.65. The number of hydrogen-bond donors (Lipinski definition) is 1. The molecule has 0 aromatic rings. The SMILES string of the molecule is CCC(C)N(SCCS)C1CCCCC1. The van der Waals surface area contributed by atoms with Crippen LogP contribution < -0.4 is 0 Å². The van der Waals surface area contributed by atoms with Crippen LogP contribution in [0.1, 0.15) is 52.4 Å². The minimum atomic E-state index is 0.720. The Hall–Kier alpha value is 0.660. The maximum Gasteiger partial charge on any atom is 0.0205 e. The minimum absolute atomic E-state index is 0.720. The molecule has 90 valence electrons. The van der Waals surface area contributed by atoms with E-state index in [9.17, 15) is 0 Å². The lowest BCUT2D eigenvalue weighted by Crippen LogP contribution is -2.38. The first-order valence-corrected chi connectivity index (χ1v) is 7.89. The number of rotatable bonds is 6. The molecule has 1 nitrogen and oxygen atoms in total. The summed E-state index contributed by atoms with van der Waals surface area (Å²) in [7, 11) is 0. The van der Waals surface area contributed by atoms with Crippen LogP contribution in [-0.4, -0.2) is 27.9 Å². The van der Waals surface area contributed by atoms with Gasteiger partial charge in [-0.1, -0.05) is 38.1 Å². The van der Waals surface area contributed by atoms with Crippen molar-refractivity contribution in [1.29, 1.82) is 0 Å². The van der Waals surface area contributed by atoms with E-state index < -0.39 is 0 Å². The molecule has 0 saturated heterocycles. The van der Waals surface area contributed by atoms with E-state index in [1.165, 1.54) is 38.5 Å². The predicted molar refractivity (Wildman–Crippen MR) is 74.8 cm³/mol. The highest BCUT2D eigenvalue weighted by Crippen LogP contribution is 2.30. The summed E-state index contributed by atoms with van der Waals surface area (Å²) in [5.41, 5.74) is 0. The Balaban J connectivity index is 2.45. The predicted octanol–water partition coefficient (Wildman–Crippen LogP) is 4.00. The van der Waals surface area contributed by atoms with E-state index in [-0.39, 0.29) is 0 Å². The molecule has 1 atom stereocenters. The van der Waals surface area contributed by atoms with Crippen LogP contribution in [0.2, 0.25) is 0 Å². The highest BCUT2D eigenvalue weighted by atomic mass is 32.2. The van der Waals surface area contributed by atoms with Gasteiger partial charge in [-0.05, 0) is 26.2 Å². The van der Waals surface area contributed by atoms with Crippen molar-refractivity contribution in [2.75, 3.05) is 11.5 Å². The molecule has 0 bridgehead atoms. The molecule has 1 rings (SSSR count). The summed E-state index contributed by atoms with van der Waals surface area (Å²) < 4.78 is 2.66. The number of hydrogen-bond acceptors (Lipinski definition) is 3. The Morgan fingerprint density at radius 3 is 2.53 bits per heavy atom. The molecule has 0 amide bonds. The van der Waals surface area contributed by atoms with E-state index in [0.29, 0.717) is 0 Å². The molecular formula is C12H25NS2. The number of nitrogens with zero attached hydrogens (tertiary/aromatic N) is 1. The summed E-state index contributed by atoms with van der Waals surface area (Å²) >= 11 is 6.33. The van der Waals surface area contributed by atoms with Crippen LogP contribution in [0.3, 0.4) is 0 Å². The van der Waals surface area contributed by atoms with Gasteiger partial charge in [0.15, 0.2) is 0 Å². The highest BCUT2D eigenvalue weighted by molar-refractivity contribution is 7.97. The second kappa shape index (κ2) is 7.86. The van der Waals surface area contributed by atoms with Gasteiger partial charge in [0.05, 0.1) is 0 Å². The van der Waals surface area contributed by atoms with E-state index in [1.807, 2.05) is 11.9 Å². The van der Waals surface area contributed by atoms with Crippen molar-refractivity contribution in [3.8, 4) is 0 Å². The highest BCUT2D eigenvalue weighted by Gasteiger charge is 2.24. The van der Waals surface area contributed by atoms with E-state index >= 15 is 0 Å². The summed E-state index contributed by atoms with van der Waals surface area (Å²) in [6.07, 6.45) is 8.38. The lowest BCUT2D eigenvalue weighted by molar-refractivity contribution is 0.225. The van der Waals surface area contributed by atoms with Gasteiger partial charge in [-0.25, -0.2) is 4.31 Å². The van der Waals surface area contributed by atoms with Crippen LogP contribution in [0, 0.1) is 0 Å². The molecule has 1 aliphatic carbocycles. The van der Waals surface area contributed by atoms with E-state index in [0.717, 1.165) is 23.6 Å². The summed E-state index contributed by atoms with van der Waals surface area (Å²) in [6, 6.07) is 1.55. The summed E-state index contributed by atoms with van der Waals surface area (Å²) in [5.74, 6) is 2.15. The van der Waals surface area contributed by atoms with Crippen LogP contribution in [0.5, 0.6) is 0 Å². The van der Waals surface area contributed by atoms with Crippen molar-refractivity contribution in [2.45, 2.75) is 64.5 Å². The Morgan fingerprint density at radius 2 is 2.00 bits per heavy atom. The van der Waals surface area contributed by atoms with Gasteiger partial charge in [0.2, 0.25) is 0 Å². The third-order valence-corrected chi connectivity index (χ3v) is 5.16. The second-order valence-corrected chi connectivity index (χ2v) is 6.00. The van der Waals surface area contributed by atoms with E-state index in [4.69, 9.17) is 0 Å². The fourth-order valence-electron chi connectivity index (χ4n) is 2.25. The van der Waals surface area contributed by atoms with E-state index in [2.05, 4.69) is 30.8 Å². The molecular weight excluding hydrogens is 222 g/mol. The van der Waals surface area contributed by atoms with Gasteiger partial charge < -0.3 is 0 Å². The van der Waals surface area contributed by atoms with Crippen molar-refractivity contribution in [2.24, 2.45) is 0 Å². The van der Waals surface area contributed by atoms with Crippen LogP contribution in [0.15, 0.2) is 0 Å². The molecule has 0 aromatic heterocycles. The summed E-state index contributed by atoms with van der Waals surface area (Å²) in [4.78, 5) is 0. The van der Waals surface area contributed by atoms with Crippen LogP contribution in [-0.2, 0) is 0 Å². The van der Waals surface area contributed by atoms with Gasteiger partial charge in [0.1, 0.15) is 0 Å². The lowest BCUT2D eigenvalue weighted by Gasteiger charge is -2.37. The number of thiol groups is 1. The summed E-state index contributed by atoms with van der Waals surface area (Å²) in [5, 5.41) is 0. The molecule has 1 saturated carbocycles. The van der Waals surface area contributed by atoms with Gasteiger partial charge in [-0.15, -0.1) is 0 Å². The molecule has 1 aliphatic rings. The van der Waals surface area contributed by atoms with Crippen molar-refractivity contribution < 1.29 is 0 Å². The normalized spacial score (nSPS) is 20.8. The fraction of sp³-hybridized carbons (Fsp3) is 1.00. The standard InChI is InChI=1S/C12H25NS2/c1-3-11(2)13(15-10-9-14)12-7-5-4-6-8-12/h11-12,14H,3-10H2,1-2H3. The van der Waals surface area contributed by atoms with Crippen LogP contribution in [0.25, 0.3) is 0 Å². The van der Waals surface area contributed by atoms with Crippen LogP contribution >= 0.6 is 24.6 Å². The van der Waals surface area contributed by atoms with Crippen molar-refractivity contribution >= 4 is 24.6 Å². The largest absolute Gasteiger partial charge is 0.245 e. The maximum absolute atomic E-state index is 4.31. The quantitative estimate of drug-likeness (QED) is 0.558. The first-order chi connectivity index (χ1) is 7.29. The third-order valence-electron chi connectivity index (χ3n) is 3.29. The maximum atomic E-state index is 4.31. The first kappa shape index (κ1) is 13.7. The van der Waals surface area contributed by atoms with Gasteiger partial charge in [0.25, 0.3) is 0 Å². The van der Waals surface area contributed by atoms with Crippen LogP contribution in [0.4, 0.5) is 0 Å². The van der Waals surface area contributed by atoms with Crippen molar-refractivity contribution in [1.82, 2.24) is 4.31 Å². The molecule has 3 heteroatoms. The minimum Gasteiger partial charge on any atom is -0.245 e. The van der Waals surface area contributed by atoms with Gasteiger partial charge in [-0.2, -0.15) is 12.6 Å². The molecule has 0 heterocycles. The smallest absolute Gasteiger partial charge is 0.0205 e. The zero-order chi connectivity index (χ0) is 11.1. The van der Waals surface area contributed by atoms with Gasteiger partial charge >= 0.3 is 0 Å². The topological polar surface area (TPSA) is 3.24 Å². The zero-order valence-corrected chi connectivity index (χ0v) is 11.8. The molecule has 1 fully saturated rings. The van der Waals surface area contributed by atoms with Crippen molar-refractivity contribution in [3.63, 3.8) is 0 Å². The zero-order valence-electron chi connectivity index (χ0n) is 10.1. The first-order valence-electron chi connectivity index (χ1n) is 6.31. The Labute approximate surface area is 105 Å². The average molecular weight is 247 g/mol. The van der Waals surface area contributed by atoms with Gasteiger partial charge in [-0.3, -0.25) is 0 Å². The Morgan fingerprint density at radius 1 is 1.33 bits per heavy atom. The molecule has 1 unspecified atom stereocenters. The molecule has 15 heavy (non-hydrogen) atoms. The molecule has 0 N–H and O–H groups in total. The lowest BCUT2D eigenvalue weighted by atomic mass is 9.95. The molecule has 0 aliphatic heterocycles. The van der Waals surface area contributed by atoms with Crippen molar-refractivity contribution in [3.05, 3.63) is 0 Å².